The van der Waals surface area contributed by atoms with Gasteiger partial charge in [0.15, 0.2) is 0 Å². The van der Waals surface area contributed by atoms with Crippen LogP contribution in [0.25, 0.3) is 11.1 Å². The molecule has 0 radical (unpaired) electrons. The molecule has 2 N–H and O–H groups in total. The lowest BCUT2D eigenvalue weighted by atomic mass is 10.0. The summed E-state index contributed by atoms with van der Waals surface area (Å²) in [6, 6.07) is 24.8. The van der Waals surface area contributed by atoms with Gasteiger partial charge in [-0.2, -0.15) is 5.26 Å². The molecule has 0 heterocycles. The Morgan fingerprint density at radius 1 is 0.897 bits per heavy atom. The molecule has 0 saturated heterocycles. The van der Waals surface area contributed by atoms with Crippen molar-refractivity contribution in [2.45, 2.75) is 19.8 Å². The Morgan fingerprint density at radius 2 is 1.67 bits per heavy atom. The zero-order valence-corrected chi connectivity index (χ0v) is 22.2. The molecule has 0 aliphatic carbocycles. The van der Waals surface area contributed by atoms with Gasteiger partial charge >= 0.3 is 0 Å². The van der Waals surface area contributed by atoms with Gasteiger partial charge in [-0.1, -0.05) is 60.1 Å². The van der Waals surface area contributed by atoms with E-state index in [4.69, 9.17) is 30.9 Å². The number of hydrogen-bond donors (Lipinski definition) is 2. The van der Waals surface area contributed by atoms with E-state index >= 15 is 0 Å². The molecule has 4 aromatic rings. The van der Waals surface area contributed by atoms with Crippen LogP contribution in [-0.2, 0) is 19.8 Å². The first-order chi connectivity index (χ1) is 19.0. The maximum atomic E-state index is 14.5. The number of nitrogens with one attached hydrogen (secondary N) is 1. The molecule has 0 aliphatic heterocycles. The Balaban J connectivity index is 1.59. The summed E-state index contributed by atoms with van der Waals surface area (Å²) in [5.74, 6) is 1.12. The highest BCUT2D eigenvalue weighted by atomic mass is 35.5. The number of aliphatic hydroxyl groups excluding tert-OH is 1. The second kappa shape index (κ2) is 13.6. The number of ether oxygens (including phenoxy) is 3. The third kappa shape index (κ3) is 7.06. The van der Waals surface area contributed by atoms with Gasteiger partial charge in [-0.3, -0.25) is 0 Å². The quantitative estimate of drug-likeness (QED) is 0.204. The highest BCUT2D eigenvalue weighted by molar-refractivity contribution is 6.32. The van der Waals surface area contributed by atoms with Crippen molar-refractivity contribution in [1.29, 1.82) is 5.26 Å². The van der Waals surface area contributed by atoms with Crippen molar-refractivity contribution in [3.05, 3.63) is 112 Å². The van der Waals surface area contributed by atoms with Crippen molar-refractivity contribution in [2.75, 3.05) is 20.3 Å². The van der Waals surface area contributed by atoms with Gasteiger partial charge in [0.2, 0.25) is 0 Å². The van der Waals surface area contributed by atoms with Gasteiger partial charge in [-0.05, 0) is 29.8 Å². The minimum absolute atomic E-state index is 0.000152. The Labute approximate surface area is 232 Å². The third-order valence-corrected chi connectivity index (χ3v) is 6.31. The number of rotatable bonds is 12. The molecule has 39 heavy (non-hydrogen) atoms. The first kappa shape index (κ1) is 27.9. The molecule has 0 amide bonds. The molecule has 0 spiro atoms. The fraction of sp³-hybridized carbons (Fsp3) is 0.194. The van der Waals surface area contributed by atoms with E-state index < -0.39 is 0 Å². The summed E-state index contributed by atoms with van der Waals surface area (Å²) in [6.07, 6.45) is 0. The smallest absolute Gasteiger partial charge is 0.142 e. The molecule has 6 nitrogen and oxygen atoms in total. The standard InChI is InChI=1S/C31H28ClFN2O4/c1-37-31-23(8-5-10-26(31)25-9-2-3-11-28(25)33)20-39-30-16-29(24(15-27(30)32)18-35-12-13-36)38-19-22-7-4-6-21(14-22)17-34/h2-11,14-16,35-36H,12-13,18-20H2,1H3. The summed E-state index contributed by atoms with van der Waals surface area (Å²) in [5, 5.41) is 21.9. The highest BCUT2D eigenvalue weighted by Crippen LogP contribution is 2.37. The van der Waals surface area contributed by atoms with Crippen LogP contribution in [0.15, 0.2) is 78.9 Å². The molecule has 0 unspecified atom stereocenters. The second-order valence-corrected chi connectivity index (χ2v) is 9.07. The van der Waals surface area contributed by atoms with Gasteiger partial charge in [-0.25, -0.2) is 4.39 Å². The van der Waals surface area contributed by atoms with Crippen LogP contribution < -0.4 is 19.5 Å². The van der Waals surface area contributed by atoms with Gasteiger partial charge < -0.3 is 24.6 Å². The molecule has 0 bridgehead atoms. The summed E-state index contributed by atoms with van der Waals surface area (Å²) in [5.41, 5.74) is 3.96. The van der Waals surface area contributed by atoms with Crippen molar-refractivity contribution in [2.24, 2.45) is 0 Å². The van der Waals surface area contributed by atoms with Gasteiger partial charge in [0.25, 0.3) is 0 Å². The number of aliphatic hydroxyl groups is 1. The molecule has 0 saturated carbocycles. The number of nitriles is 1. The molecule has 0 aromatic heterocycles. The van der Waals surface area contributed by atoms with Gasteiger partial charge in [0.1, 0.15) is 36.3 Å². The van der Waals surface area contributed by atoms with Crippen LogP contribution in [0.2, 0.25) is 5.02 Å². The first-order valence-corrected chi connectivity index (χ1v) is 12.7. The van der Waals surface area contributed by atoms with E-state index in [0.717, 1.165) is 16.7 Å². The normalized spacial score (nSPS) is 10.6. The molecule has 200 valence electrons. The summed E-state index contributed by atoms with van der Waals surface area (Å²) in [4.78, 5) is 0. The Morgan fingerprint density at radius 3 is 2.44 bits per heavy atom. The SMILES string of the molecule is COc1c(COc2cc(OCc3cccc(C#N)c3)c(CNCCO)cc2Cl)cccc1-c1ccccc1F. The summed E-state index contributed by atoms with van der Waals surface area (Å²) in [6.45, 7) is 1.20. The van der Waals surface area contributed by atoms with E-state index in [1.165, 1.54) is 13.2 Å². The minimum atomic E-state index is -0.343. The van der Waals surface area contributed by atoms with Crippen LogP contribution in [-0.4, -0.2) is 25.4 Å². The van der Waals surface area contributed by atoms with Crippen LogP contribution >= 0.6 is 11.6 Å². The van der Waals surface area contributed by atoms with E-state index in [-0.39, 0.29) is 25.6 Å². The van der Waals surface area contributed by atoms with Crippen molar-refractivity contribution in [3.63, 3.8) is 0 Å². The lowest BCUT2D eigenvalue weighted by Gasteiger charge is -2.18. The van der Waals surface area contributed by atoms with Crippen molar-refractivity contribution in [3.8, 4) is 34.4 Å². The van der Waals surface area contributed by atoms with Gasteiger partial charge in [0, 0.05) is 41.4 Å². The zero-order valence-electron chi connectivity index (χ0n) is 21.4. The largest absolute Gasteiger partial charge is 0.496 e. The average molecular weight is 547 g/mol. The maximum Gasteiger partial charge on any atom is 0.142 e. The molecular weight excluding hydrogens is 519 g/mol. The molecular formula is C31H28ClFN2O4. The number of para-hydroxylation sites is 1. The fourth-order valence-electron chi connectivity index (χ4n) is 4.14. The molecule has 0 atom stereocenters. The van der Waals surface area contributed by atoms with Crippen LogP contribution in [0.1, 0.15) is 22.3 Å². The Bertz CT molecular complexity index is 1470. The fourth-order valence-corrected chi connectivity index (χ4v) is 4.38. The van der Waals surface area contributed by atoms with E-state index in [1.54, 1.807) is 54.6 Å². The van der Waals surface area contributed by atoms with E-state index in [0.29, 0.717) is 52.1 Å². The Kier molecular flexibility index (Phi) is 9.76. The van der Waals surface area contributed by atoms with Gasteiger partial charge in [-0.15, -0.1) is 0 Å². The van der Waals surface area contributed by atoms with Gasteiger partial charge in [0.05, 0.1) is 30.4 Å². The second-order valence-electron chi connectivity index (χ2n) is 8.66. The monoisotopic (exact) mass is 546 g/mol. The average Bonchev–Trinajstić information content (AvgIpc) is 2.96. The number of nitrogens with zero attached hydrogens (tertiary/aromatic N) is 1. The van der Waals surface area contributed by atoms with E-state index in [1.807, 2.05) is 18.2 Å². The van der Waals surface area contributed by atoms with Crippen molar-refractivity contribution >= 4 is 11.6 Å². The summed E-state index contributed by atoms with van der Waals surface area (Å²) in [7, 11) is 1.54. The van der Waals surface area contributed by atoms with Crippen LogP contribution in [0.4, 0.5) is 4.39 Å². The third-order valence-electron chi connectivity index (χ3n) is 6.02. The van der Waals surface area contributed by atoms with E-state index in [9.17, 15) is 9.65 Å². The van der Waals surface area contributed by atoms with Crippen LogP contribution in [0, 0.1) is 17.1 Å². The minimum Gasteiger partial charge on any atom is -0.496 e. The van der Waals surface area contributed by atoms with Crippen molar-refractivity contribution in [1.82, 2.24) is 5.32 Å². The van der Waals surface area contributed by atoms with Crippen LogP contribution in [0.5, 0.6) is 17.2 Å². The highest BCUT2D eigenvalue weighted by Gasteiger charge is 2.16. The topological polar surface area (TPSA) is 83.7 Å². The summed E-state index contributed by atoms with van der Waals surface area (Å²) >= 11 is 6.58. The number of hydrogen-bond acceptors (Lipinski definition) is 6. The maximum absolute atomic E-state index is 14.5. The number of halogens is 2. The predicted molar refractivity (Wildman–Crippen MR) is 148 cm³/mol. The molecule has 0 aliphatic rings. The number of benzene rings is 4. The molecule has 4 rings (SSSR count). The lowest BCUT2D eigenvalue weighted by molar-refractivity contribution is 0.280. The molecule has 0 fully saturated rings. The Hall–Kier alpha value is -4.09. The molecule has 4 aromatic carbocycles. The van der Waals surface area contributed by atoms with E-state index in [2.05, 4.69) is 11.4 Å². The first-order valence-electron chi connectivity index (χ1n) is 12.3. The van der Waals surface area contributed by atoms with Crippen molar-refractivity contribution < 1.29 is 23.7 Å². The zero-order chi connectivity index (χ0) is 27.6. The lowest BCUT2D eigenvalue weighted by Crippen LogP contribution is -2.18. The summed E-state index contributed by atoms with van der Waals surface area (Å²) < 4.78 is 32.4. The van der Waals surface area contributed by atoms with Crippen LogP contribution in [0.3, 0.4) is 0 Å². The molecule has 8 heteroatoms. The number of methoxy groups -OCH3 is 1. The predicted octanol–water partition coefficient (Wildman–Crippen LogP) is 6.27.